The second-order valence-corrected chi connectivity index (χ2v) is 18.9. The number of pyridine rings is 1. The predicted octanol–water partition coefficient (Wildman–Crippen LogP) is 4.54. The molecule has 0 aliphatic heterocycles. The van der Waals surface area contributed by atoms with Crippen LogP contribution in [0.2, 0.25) is 17.3 Å². The zero-order valence-corrected chi connectivity index (χ0v) is 18.2. The molecule has 0 spiro atoms. The molecule has 0 N–H and O–H groups in total. The predicted molar refractivity (Wildman–Crippen MR) is 104 cm³/mol. The summed E-state index contributed by atoms with van der Waals surface area (Å²) >= 11 is -1.88. The minimum absolute atomic E-state index is 0.692. The van der Waals surface area contributed by atoms with Gasteiger partial charge in [-0.15, -0.1) is 0 Å². The first-order valence-electron chi connectivity index (χ1n) is 8.71. The molecule has 1 heterocycles. The van der Waals surface area contributed by atoms with Gasteiger partial charge in [0.25, 0.3) is 0 Å². The first-order valence-corrected chi connectivity index (χ1v) is 16.0. The average Bonchev–Trinajstić information content (AvgIpc) is 2.39. The Morgan fingerprint density at radius 3 is 2.09 bits per heavy atom. The molecule has 0 atom stereocenters. The van der Waals surface area contributed by atoms with Gasteiger partial charge in [-0.2, -0.15) is 0 Å². The molecule has 0 saturated carbocycles. The van der Waals surface area contributed by atoms with Crippen molar-refractivity contribution in [2.75, 3.05) is 0 Å². The van der Waals surface area contributed by atoms with E-state index in [4.69, 9.17) is 0 Å². The second-order valence-electron chi connectivity index (χ2n) is 8.32. The van der Waals surface area contributed by atoms with Crippen molar-refractivity contribution in [3.8, 4) is 11.3 Å². The van der Waals surface area contributed by atoms with Gasteiger partial charge in [0.05, 0.1) is 0 Å². The van der Waals surface area contributed by atoms with E-state index in [2.05, 4.69) is 87.0 Å². The van der Waals surface area contributed by atoms with E-state index in [1.807, 2.05) is 0 Å². The molecule has 0 aliphatic rings. The molecule has 2 aromatic rings. The molecule has 2 rings (SSSR count). The molecule has 0 aliphatic carbocycles. The van der Waals surface area contributed by atoms with Crippen LogP contribution in [-0.4, -0.2) is 13.3 Å². The molecule has 1 nitrogen and oxygen atoms in total. The maximum absolute atomic E-state index is 2.50. The van der Waals surface area contributed by atoms with Gasteiger partial charge in [-0.05, 0) is 0 Å². The van der Waals surface area contributed by atoms with E-state index in [9.17, 15) is 0 Å². The number of rotatable bonds is 4. The summed E-state index contributed by atoms with van der Waals surface area (Å²) in [6, 6.07) is 9.07. The Kier molecular flexibility index (Phi) is 5.40. The molecular weight excluding hydrogens is 339 g/mol. The van der Waals surface area contributed by atoms with Crippen LogP contribution in [-0.2, 0) is 13.5 Å². The second kappa shape index (κ2) is 6.80. The fraction of sp³-hybridized carbons (Fsp3) is 0.476. The molecule has 0 radical (unpaired) electrons. The Bertz CT molecular complexity index is 688. The van der Waals surface area contributed by atoms with Crippen LogP contribution in [0.4, 0.5) is 0 Å². The van der Waals surface area contributed by atoms with Crippen LogP contribution in [0.15, 0.2) is 30.5 Å². The van der Waals surface area contributed by atoms with E-state index in [-0.39, 0.29) is 0 Å². The Morgan fingerprint density at radius 2 is 1.61 bits per heavy atom. The van der Waals surface area contributed by atoms with E-state index >= 15 is 0 Å². The molecule has 0 fully saturated rings. The summed E-state index contributed by atoms with van der Waals surface area (Å²) in [4.78, 5) is 0. The number of nitrogens with zero attached hydrogens (tertiary/aromatic N) is 1. The number of aryl methyl sites for hydroxylation is 3. The minimum atomic E-state index is -1.88. The van der Waals surface area contributed by atoms with Crippen LogP contribution in [0.1, 0.15) is 30.5 Å². The van der Waals surface area contributed by atoms with Crippen LogP contribution in [0.25, 0.3) is 11.3 Å². The van der Waals surface area contributed by atoms with Crippen molar-refractivity contribution >= 4 is 17.7 Å². The zero-order valence-electron chi connectivity index (χ0n) is 16.1. The van der Waals surface area contributed by atoms with Gasteiger partial charge in [0.1, 0.15) is 0 Å². The van der Waals surface area contributed by atoms with Gasteiger partial charge >= 0.3 is 145 Å². The third kappa shape index (κ3) is 4.06. The van der Waals surface area contributed by atoms with Gasteiger partial charge in [-0.25, -0.2) is 0 Å². The summed E-state index contributed by atoms with van der Waals surface area (Å²) in [5.74, 6) is 8.19. The topological polar surface area (TPSA) is 3.88 Å². The van der Waals surface area contributed by atoms with E-state index in [0.717, 1.165) is 0 Å². The standard InChI is InChI=1S/C21H32GeN/c1-15(2)12-18-13-20(21-16(3)10-9-11-17(21)4)23(8)14-19(18)22(5,6)7/h9-11,13-15H,12H2,1-8H3/q+1. The fourth-order valence-electron chi connectivity index (χ4n) is 3.44. The van der Waals surface area contributed by atoms with Crippen molar-refractivity contribution in [1.82, 2.24) is 0 Å². The Balaban J connectivity index is 2.72. The van der Waals surface area contributed by atoms with Crippen LogP contribution < -0.4 is 8.96 Å². The summed E-state index contributed by atoms with van der Waals surface area (Å²) in [5.41, 5.74) is 7.05. The number of aromatic nitrogens is 1. The summed E-state index contributed by atoms with van der Waals surface area (Å²) in [5, 5.41) is 0. The summed E-state index contributed by atoms with van der Waals surface area (Å²) in [6.07, 6.45) is 3.61. The van der Waals surface area contributed by atoms with Crippen molar-refractivity contribution in [1.29, 1.82) is 0 Å². The van der Waals surface area contributed by atoms with Crippen LogP contribution >= 0.6 is 0 Å². The van der Waals surface area contributed by atoms with E-state index in [0.29, 0.717) is 5.92 Å². The van der Waals surface area contributed by atoms with E-state index < -0.39 is 13.3 Å². The Labute approximate surface area is 145 Å². The van der Waals surface area contributed by atoms with Gasteiger partial charge in [-0.1, -0.05) is 0 Å². The van der Waals surface area contributed by atoms with Gasteiger partial charge < -0.3 is 0 Å². The molecule has 1 aromatic carbocycles. The number of hydrogen-bond donors (Lipinski definition) is 0. The van der Waals surface area contributed by atoms with Crippen molar-refractivity contribution < 1.29 is 4.57 Å². The van der Waals surface area contributed by atoms with E-state index in [1.165, 1.54) is 28.8 Å². The third-order valence-electron chi connectivity index (χ3n) is 4.53. The van der Waals surface area contributed by atoms with Gasteiger partial charge in [0.15, 0.2) is 0 Å². The monoisotopic (exact) mass is 372 g/mol. The SMILES string of the molecule is Cc1cccc(C)c1-c1cc(CC(C)C)[c]([Ge]([CH3])([CH3])[CH3])c[n+]1C. The Hall–Kier alpha value is -1.09. The Morgan fingerprint density at radius 1 is 1.04 bits per heavy atom. The van der Waals surface area contributed by atoms with Crippen molar-refractivity contribution in [2.24, 2.45) is 13.0 Å². The van der Waals surface area contributed by atoms with E-state index in [1.54, 1.807) is 9.96 Å². The number of benzene rings is 1. The molecule has 23 heavy (non-hydrogen) atoms. The molecule has 124 valence electrons. The molecule has 1 aromatic heterocycles. The zero-order chi connectivity index (χ0) is 17.4. The molecule has 0 saturated heterocycles. The molecule has 0 amide bonds. The molecular formula is C21H32GeN+. The summed E-state index contributed by atoms with van der Waals surface area (Å²) < 4.78 is 4.00. The van der Waals surface area contributed by atoms with Crippen molar-refractivity contribution in [3.63, 3.8) is 0 Å². The van der Waals surface area contributed by atoms with Crippen LogP contribution in [0.3, 0.4) is 0 Å². The number of hydrogen-bond acceptors (Lipinski definition) is 0. The summed E-state index contributed by atoms with van der Waals surface area (Å²) in [6.45, 7) is 9.09. The normalized spacial score (nSPS) is 12.0. The molecule has 0 unspecified atom stereocenters. The maximum atomic E-state index is 2.50. The average molecular weight is 371 g/mol. The fourth-order valence-corrected chi connectivity index (χ4v) is 7.05. The first-order chi connectivity index (χ1) is 10.6. The molecule has 2 heteroatoms. The van der Waals surface area contributed by atoms with Crippen molar-refractivity contribution in [2.45, 2.75) is 51.4 Å². The van der Waals surface area contributed by atoms with Crippen molar-refractivity contribution in [3.05, 3.63) is 47.2 Å². The van der Waals surface area contributed by atoms with Gasteiger partial charge in [0.2, 0.25) is 0 Å². The summed E-state index contributed by atoms with van der Waals surface area (Å²) in [7, 11) is 2.21. The quantitative estimate of drug-likeness (QED) is 0.549. The van der Waals surface area contributed by atoms with Gasteiger partial charge in [-0.3, -0.25) is 0 Å². The van der Waals surface area contributed by atoms with Crippen LogP contribution in [0.5, 0.6) is 0 Å². The van der Waals surface area contributed by atoms with Crippen LogP contribution in [0, 0.1) is 19.8 Å². The molecule has 0 bridgehead atoms. The van der Waals surface area contributed by atoms with Gasteiger partial charge in [0, 0.05) is 0 Å². The first kappa shape index (κ1) is 18.3. The third-order valence-corrected chi connectivity index (χ3v) is 8.87.